The van der Waals surface area contributed by atoms with Gasteiger partial charge in [-0.25, -0.2) is 4.79 Å². The minimum Gasteiger partial charge on any atom is -0.335 e. The molecule has 0 aliphatic heterocycles. The summed E-state index contributed by atoms with van der Waals surface area (Å²) >= 11 is 0. The van der Waals surface area contributed by atoms with Crippen LogP contribution in [0.25, 0.3) is 0 Å². The molecular weight excluding hydrogens is 152 g/mol. The Morgan fingerprint density at radius 2 is 2.00 bits per heavy atom. The van der Waals surface area contributed by atoms with Crippen LogP contribution in [0.15, 0.2) is 12.8 Å². The second kappa shape index (κ2) is 4.80. The lowest BCUT2D eigenvalue weighted by atomic mass is 9.96. The molecule has 1 rings (SSSR count). The molecule has 1 aliphatic carbocycles. The van der Waals surface area contributed by atoms with E-state index in [1.54, 1.807) is 0 Å². The molecule has 3 nitrogen and oxygen atoms in total. The Morgan fingerprint density at radius 1 is 1.33 bits per heavy atom. The molecule has 0 atom stereocenters. The highest BCUT2D eigenvalue weighted by molar-refractivity contribution is 5.75. The summed E-state index contributed by atoms with van der Waals surface area (Å²) in [5.41, 5.74) is 0. The van der Waals surface area contributed by atoms with Gasteiger partial charge in [0.25, 0.3) is 0 Å². The Morgan fingerprint density at radius 3 is 2.58 bits per heavy atom. The number of nitrogens with one attached hydrogen (secondary N) is 2. The van der Waals surface area contributed by atoms with E-state index in [4.69, 9.17) is 0 Å². The summed E-state index contributed by atoms with van der Waals surface area (Å²) in [6.45, 7) is 3.42. The van der Waals surface area contributed by atoms with E-state index >= 15 is 0 Å². The summed E-state index contributed by atoms with van der Waals surface area (Å²) < 4.78 is 0. The van der Waals surface area contributed by atoms with Crippen LogP contribution in [0.2, 0.25) is 0 Å². The lowest BCUT2D eigenvalue weighted by Gasteiger charge is -2.22. The second-order valence-corrected chi connectivity index (χ2v) is 3.16. The van der Waals surface area contributed by atoms with Crippen LogP contribution in [0.3, 0.4) is 0 Å². The van der Waals surface area contributed by atoms with E-state index in [0.717, 1.165) is 12.8 Å². The first-order valence-electron chi connectivity index (χ1n) is 4.51. The first-order valence-corrected chi connectivity index (χ1v) is 4.51. The lowest BCUT2D eigenvalue weighted by Crippen LogP contribution is -2.40. The predicted molar refractivity (Wildman–Crippen MR) is 48.7 cm³/mol. The van der Waals surface area contributed by atoms with Crippen LogP contribution in [-0.2, 0) is 0 Å². The van der Waals surface area contributed by atoms with Gasteiger partial charge < -0.3 is 10.6 Å². The van der Waals surface area contributed by atoms with E-state index in [1.807, 2.05) is 0 Å². The van der Waals surface area contributed by atoms with Gasteiger partial charge in [0.1, 0.15) is 0 Å². The molecule has 12 heavy (non-hydrogen) atoms. The predicted octanol–water partition coefficient (Wildman–Crippen LogP) is 1.76. The van der Waals surface area contributed by atoms with Crippen molar-refractivity contribution < 1.29 is 4.79 Å². The third-order valence-corrected chi connectivity index (χ3v) is 2.17. The SMILES string of the molecule is C=CNC(=O)NC1CCCCC1. The first-order chi connectivity index (χ1) is 5.83. The van der Waals surface area contributed by atoms with E-state index < -0.39 is 0 Å². The highest BCUT2D eigenvalue weighted by atomic mass is 16.2. The van der Waals surface area contributed by atoms with Gasteiger partial charge in [-0.2, -0.15) is 0 Å². The number of amides is 2. The average Bonchev–Trinajstić information content (AvgIpc) is 2.06. The quantitative estimate of drug-likeness (QED) is 0.648. The molecule has 0 saturated heterocycles. The van der Waals surface area contributed by atoms with Crippen LogP contribution in [0.5, 0.6) is 0 Å². The third kappa shape index (κ3) is 2.95. The van der Waals surface area contributed by atoms with Crippen molar-refractivity contribution in [2.75, 3.05) is 0 Å². The molecule has 3 heteroatoms. The average molecular weight is 168 g/mol. The number of carbonyl (C=O) groups is 1. The Labute approximate surface area is 73.2 Å². The highest BCUT2D eigenvalue weighted by Gasteiger charge is 2.14. The van der Waals surface area contributed by atoms with Crippen molar-refractivity contribution in [1.29, 1.82) is 0 Å². The molecule has 0 radical (unpaired) electrons. The summed E-state index contributed by atoms with van der Waals surface area (Å²) in [6.07, 6.45) is 7.41. The van der Waals surface area contributed by atoms with Crippen LogP contribution in [0.1, 0.15) is 32.1 Å². The number of hydrogen-bond donors (Lipinski definition) is 2. The molecule has 1 fully saturated rings. The minimum absolute atomic E-state index is 0.128. The molecule has 0 aromatic carbocycles. The van der Waals surface area contributed by atoms with Crippen molar-refractivity contribution in [2.45, 2.75) is 38.1 Å². The molecule has 2 amide bonds. The van der Waals surface area contributed by atoms with Gasteiger partial charge in [-0.05, 0) is 19.0 Å². The van der Waals surface area contributed by atoms with E-state index in [-0.39, 0.29) is 6.03 Å². The normalized spacial score (nSPS) is 18.3. The summed E-state index contributed by atoms with van der Waals surface area (Å²) in [6, 6.07) is 0.246. The Balaban J connectivity index is 2.19. The molecule has 1 aliphatic rings. The Hall–Kier alpha value is -0.990. The van der Waals surface area contributed by atoms with Gasteiger partial charge in [0.05, 0.1) is 0 Å². The molecule has 0 unspecified atom stereocenters. The molecule has 1 saturated carbocycles. The first kappa shape index (κ1) is 9.10. The molecule has 2 N–H and O–H groups in total. The molecule has 0 aromatic heterocycles. The minimum atomic E-state index is -0.128. The molecular formula is C9H16N2O. The fourth-order valence-electron chi connectivity index (χ4n) is 1.57. The number of carbonyl (C=O) groups excluding carboxylic acids is 1. The topological polar surface area (TPSA) is 41.1 Å². The Kier molecular flexibility index (Phi) is 3.64. The van der Waals surface area contributed by atoms with E-state index in [9.17, 15) is 4.79 Å². The largest absolute Gasteiger partial charge is 0.335 e. The molecule has 68 valence electrons. The smallest absolute Gasteiger partial charge is 0.318 e. The number of hydrogen-bond acceptors (Lipinski definition) is 1. The van der Waals surface area contributed by atoms with Crippen LogP contribution in [0.4, 0.5) is 4.79 Å². The maximum atomic E-state index is 11.0. The molecule has 0 spiro atoms. The summed E-state index contributed by atoms with van der Waals surface area (Å²) in [5, 5.41) is 5.41. The molecule has 0 heterocycles. The van der Waals surface area contributed by atoms with Crippen molar-refractivity contribution in [2.24, 2.45) is 0 Å². The van der Waals surface area contributed by atoms with E-state index in [2.05, 4.69) is 17.2 Å². The van der Waals surface area contributed by atoms with Gasteiger partial charge in [0.2, 0.25) is 0 Å². The van der Waals surface area contributed by atoms with Gasteiger partial charge in [-0.3, -0.25) is 0 Å². The standard InChI is InChI=1S/C9H16N2O/c1-2-10-9(12)11-8-6-4-3-5-7-8/h2,8H,1,3-7H2,(H2,10,11,12). The summed E-state index contributed by atoms with van der Waals surface area (Å²) in [4.78, 5) is 11.0. The lowest BCUT2D eigenvalue weighted by molar-refractivity contribution is 0.236. The van der Waals surface area contributed by atoms with Crippen molar-refractivity contribution in [3.8, 4) is 0 Å². The van der Waals surface area contributed by atoms with Gasteiger partial charge in [0.15, 0.2) is 0 Å². The van der Waals surface area contributed by atoms with Crippen LogP contribution < -0.4 is 10.6 Å². The Bertz CT molecular complexity index is 162. The van der Waals surface area contributed by atoms with Gasteiger partial charge in [-0.1, -0.05) is 25.8 Å². The monoisotopic (exact) mass is 168 g/mol. The van der Waals surface area contributed by atoms with E-state index in [1.165, 1.54) is 25.5 Å². The number of rotatable bonds is 2. The summed E-state index contributed by atoms with van der Waals surface area (Å²) in [7, 11) is 0. The van der Waals surface area contributed by atoms with Gasteiger partial charge >= 0.3 is 6.03 Å². The zero-order valence-corrected chi connectivity index (χ0v) is 7.31. The van der Waals surface area contributed by atoms with Crippen molar-refractivity contribution in [1.82, 2.24) is 10.6 Å². The maximum absolute atomic E-state index is 11.0. The van der Waals surface area contributed by atoms with E-state index in [0.29, 0.717) is 6.04 Å². The zero-order valence-electron chi connectivity index (χ0n) is 7.31. The fourth-order valence-corrected chi connectivity index (χ4v) is 1.57. The summed E-state index contributed by atoms with van der Waals surface area (Å²) in [5.74, 6) is 0. The van der Waals surface area contributed by atoms with Gasteiger partial charge in [-0.15, -0.1) is 0 Å². The van der Waals surface area contributed by atoms with Crippen LogP contribution in [-0.4, -0.2) is 12.1 Å². The molecule has 0 aromatic rings. The van der Waals surface area contributed by atoms with Crippen molar-refractivity contribution in [3.05, 3.63) is 12.8 Å². The van der Waals surface area contributed by atoms with Crippen LogP contribution >= 0.6 is 0 Å². The number of urea groups is 1. The van der Waals surface area contributed by atoms with Crippen molar-refractivity contribution >= 4 is 6.03 Å². The second-order valence-electron chi connectivity index (χ2n) is 3.16. The van der Waals surface area contributed by atoms with Gasteiger partial charge in [0, 0.05) is 6.04 Å². The third-order valence-electron chi connectivity index (χ3n) is 2.17. The maximum Gasteiger partial charge on any atom is 0.318 e. The fraction of sp³-hybridized carbons (Fsp3) is 0.667. The zero-order chi connectivity index (χ0) is 8.81. The van der Waals surface area contributed by atoms with Crippen molar-refractivity contribution in [3.63, 3.8) is 0 Å². The van der Waals surface area contributed by atoms with Crippen LogP contribution in [0, 0.1) is 0 Å². The highest BCUT2D eigenvalue weighted by Crippen LogP contribution is 2.16. The molecule has 0 bridgehead atoms.